The number of carbonyl (C=O) groups excluding carboxylic acids is 2. The highest BCUT2D eigenvalue weighted by Crippen LogP contribution is 2.31. The Balaban J connectivity index is 1.70. The highest BCUT2D eigenvalue weighted by atomic mass is 16.5. The van der Waals surface area contributed by atoms with Gasteiger partial charge in [-0.1, -0.05) is 25.0 Å². The summed E-state index contributed by atoms with van der Waals surface area (Å²) < 4.78 is 6.80. The monoisotopic (exact) mass is 357 g/mol. The smallest absolute Gasteiger partial charge is 0.331 e. The van der Waals surface area contributed by atoms with Crippen molar-refractivity contribution in [3.63, 3.8) is 0 Å². The minimum absolute atomic E-state index is 0.145. The van der Waals surface area contributed by atoms with Crippen LogP contribution in [0, 0.1) is 0 Å². The molecule has 1 aliphatic rings. The van der Waals surface area contributed by atoms with Gasteiger partial charge in [0.15, 0.2) is 0 Å². The van der Waals surface area contributed by atoms with Gasteiger partial charge in [0.2, 0.25) is 11.3 Å². The molecule has 0 bridgehead atoms. The van der Waals surface area contributed by atoms with Crippen molar-refractivity contribution in [3.05, 3.63) is 40.7 Å². The van der Waals surface area contributed by atoms with Gasteiger partial charge in [0.25, 0.3) is 0 Å². The van der Waals surface area contributed by atoms with Crippen molar-refractivity contribution >= 4 is 22.8 Å². The Morgan fingerprint density at radius 1 is 1.27 bits per heavy atom. The van der Waals surface area contributed by atoms with Crippen molar-refractivity contribution in [2.75, 3.05) is 6.61 Å². The molecular formula is C19H23N3O4. The molecule has 26 heavy (non-hydrogen) atoms. The fourth-order valence-corrected chi connectivity index (χ4v) is 3.50. The summed E-state index contributed by atoms with van der Waals surface area (Å²) in [4.78, 5) is 36.6. The van der Waals surface area contributed by atoms with Crippen LogP contribution in [-0.2, 0) is 20.9 Å². The van der Waals surface area contributed by atoms with Crippen molar-refractivity contribution in [2.24, 2.45) is 0 Å². The maximum absolute atomic E-state index is 12.5. The lowest BCUT2D eigenvalue weighted by molar-refractivity contribution is -0.153. The first-order valence-corrected chi connectivity index (χ1v) is 8.99. The van der Waals surface area contributed by atoms with Crippen LogP contribution in [0.3, 0.4) is 0 Å². The van der Waals surface area contributed by atoms with Crippen LogP contribution < -0.4 is 10.7 Å². The molecule has 1 saturated carbocycles. The van der Waals surface area contributed by atoms with Gasteiger partial charge in [0, 0.05) is 11.8 Å². The van der Waals surface area contributed by atoms with Gasteiger partial charge < -0.3 is 10.1 Å². The number of esters is 1. The number of aromatic nitrogens is 2. The summed E-state index contributed by atoms with van der Waals surface area (Å²) in [5.74, 6) is -0.567. The molecule has 1 N–H and O–H groups in total. The summed E-state index contributed by atoms with van der Waals surface area (Å²) in [7, 11) is 0. The lowest BCUT2D eigenvalue weighted by atomic mass is 9.97. The standard InChI is InChI=1S/C19H23N3O4/c1-2-26-18(25)19(10-5-6-11-19)21-17(24)9-12-22-15-8-4-3-7-14(15)16(23)13-20-22/h3-4,7-8,13H,2,5-6,9-12H2,1H3,(H,21,24). The van der Waals surface area contributed by atoms with E-state index in [1.807, 2.05) is 6.07 Å². The van der Waals surface area contributed by atoms with Gasteiger partial charge in [-0.25, -0.2) is 4.79 Å². The van der Waals surface area contributed by atoms with E-state index < -0.39 is 5.54 Å². The zero-order valence-electron chi connectivity index (χ0n) is 14.9. The minimum Gasteiger partial charge on any atom is -0.464 e. The van der Waals surface area contributed by atoms with Gasteiger partial charge >= 0.3 is 5.97 Å². The molecule has 0 spiro atoms. The molecule has 0 radical (unpaired) electrons. The SMILES string of the molecule is CCOC(=O)C1(NC(=O)CCn2ncc(=O)c3ccccc32)CCCC1. The molecule has 0 atom stereocenters. The number of hydrogen-bond donors (Lipinski definition) is 1. The maximum atomic E-state index is 12.5. The summed E-state index contributed by atoms with van der Waals surface area (Å²) in [5.41, 5.74) is -0.353. The quantitative estimate of drug-likeness (QED) is 0.796. The molecule has 0 saturated heterocycles. The molecule has 1 aromatic heterocycles. The van der Waals surface area contributed by atoms with Crippen LogP contribution in [0.15, 0.2) is 35.3 Å². The Kier molecular flexibility index (Phi) is 5.35. The molecule has 3 rings (SSSR count). The van der Waals surface area contributed by atoms with Crippen LogP contribution in [0.2, 0.25) is 0 Å². The molecule has 1 amide bonds. The van der Waals surface area contributed by atoms with E-state index in [1.165, 1.54) is 6.20 Å². The number of carbonyl (C=O) groups is 2. The predicted octanol–water partition coefficient (Wildman–Crippen LogP) is 1.78. The van der Waals surface area contributed by atoms with E-state index in [0.717, 1.165) is 12.8 Å². The van der Waals surface area contributed by atoms with E-state index in [9.17, 15) is 14.4 Å². The zero-order chi connectivity index (χ0) is 18.6. The first-order valence-electron chi connectivity index (χ1n) is 8.99. The third kappa shape index (κ3) is 3.61. The molecule has 7 heteroatoms. The Hall–Kier alpha value is -2.70. The number of aryl methyl sites for hydroxylation is 1. The number of nitrogens with zero attached hydrogens (tertiary/aromatic N) is 2. The van der Waals surface area contributed by atoms with Crippen LogP contribution >= 0.6 is 0 Å². The molecule has 1 aliphatic carbocycles. The lowest BCUT2D eigenvalue weighted by Crippen LogP contribution is -2.53. The Bertz CT molecular complexity index is 868. The van der Waals surface area contributed by atoms with Crippen LogP contribution in [0.4, 0.5) is 0 Å². The third-order valence-corrected chi connectivity index (χ3v) is 4.81. The Morgan fingerprint density at radius 3 is 2.73 bits per heavy atom. The van der Waals surface area contributed by atoms with Crippen molar-refractivity contribution in [1.82, 2.24) is 15.1 Å². The Labute approximate surface area is 151 Å². The molecular weight excluding hydrogens is 334 g/mol. The molecule has 1 fully saturated rings. The second-order valence-corrected chi connectivity index (χ2v) is 6.56. The average Bonchev–Trinajstić information content (AvgIpc) is 3.11. The number of para-hydroxylation sites is 1. The molecule has 1 aromatic carbocycles. The van der Waals surface area contributed by atoms with E-state index in [2.05, 4.69) is 10.4 Å². The number of benzene rings is 1. The van der Waals surface area contributed by atoms with Crippen molar-refractivity contribution in [1.29, 1.82) is 0 Å². The van der Waals surface area contributed by atoms with Crippen molar-refractivity contribution in [3.8, 4) is 0 Å². The summed E-state index contributed by atoms with van der Waals surface area (Å²) in [6.07, 6.45) is 4.43. The first kappa shape index (κ1) is 18.1. The number of fused-ring (bicyclic) bond motifs is 1. The molecule has 138 valence electrons. The number of nitrogens with one attached hydrogen (secondary N) is 1. The number of hydrogen-bond acceptors (Lipinski definition) is 5. The van der Waals surface area contributed by atoms with Gasteiger partial charge in [-0.05, 0) is 31.9 Å². The highest BCUT2D eigenvalue weighted by Gasteiger charge is 2.43. The topological polar surface area (TPSA) is 90.3 Å². The van der Waals surface area contributed by atoms with Crippen molar-refractivity contribution < 1.29 is 14.3 Å². The maximum Gasteiger partial charge on any atom is 0.331 e. The first-order chi connectivity index (χ1) is 12.6. The fraction of sp³-hybridized carbons (Fsp3) is 0.474. The number of ether oxygens (including phenoxy) is 1. The predicted molar refractivity (Wildman–Crippen MR) is 96.6 cm³/mol. The zero-order valence-corrected chi connectivity index (χ0v) is 14.9. The van der Waals surface area contributed by atoms with Gasteiger partial charge in [0.1, 0.15) is 5.54 Å². The average molecular weight is 357 g/mol. The lowest BCUT2D eigenvalue weighted by Gasteiger charge is -2.27. The Morgan fingerprint density at radius 2 is 2.00 bits per heavy atom. The normalized spacial score (nSPS) is 15.7. The molecule has 0 unspecified atom stereocenters. The van der Waals surface area contributed by atoms with Gasteiger partial charge in [-0.15, -0.1) is 0 Å². The number of amides is 1. The molecule has 1 heterocycles. The van der Waals surface area contributed by atoms with Gasteiger partial charge in [-0.3, -0.25) is 14.3 Å². The van der Waals surface area contributed by atoms with Crippen molar-refractivity contribution in [2.45, 2.75) is 51.1 Å². The summed E-state index contributed by atoms with van der Waals surface area (Å²) in [5, 5.41) is 7.59. The van der Waals surface area contributed by atoms with Gasteiger partial charge in [0.05, 0.1) is 24.9 Å². The van der Waals surface area contributed by atoms with Gasteiger partial charge in [-0.2, -0.15) is 5.10 Å². The fourth-order valence-electron chi connectivity index (χ4n) is 3.50. The summed E-state index contributed by atoms with van der Waals surface area (Å²) in [6, 6.07) is 7.17. The van der Waals surface area contributed by atoms with Crippen LogP contribution in [0.1, 0.15) is 39.0 Å². The van der Waals surface area contributed by atoms with E-state index in [4.69, 9.17) is 4.74 Å². The minimum atomic E-state index is -0.897. The second-order valence-electron chi connectivity index (χ2n) is 6.56. The second kappa shape index (κ2) is 7.68. The van der Waals surface area contributed by atoms with Crippen LogP contribution in [-0.4, -0.2) is 33.8 Å². The third-order valence-electron chi connectivity index (χ3n) is 4.81. The largest absolute Gasteiger partial charge is 0.464 e. The van der Waals surface area contributed by atoms with E-state index >= 15 is 0 Å². The molecule has 2 aromatic rings. The summed E-state index contributed by atoms with van der Waals surface area (Å²) in [6.45, 7) is 2.38. The van der Waals surface area contributed by atoms with E-state index in [1.54, 1.807) is 29.8 Å². The highest BCUT2D eigenvalue weighted by molar-refractivity contribution is 5.88. The summed E-state index contributed by atoms with van der Waals surface area (Å²) >= 11 is 0. The molecule has 0 aliphatic heterocycles. The molecule has 7 nitrogen and oxygen atoms in total. The van der Waals surface area contributed by atoms with Crippen LogP contribution in [0.5, 0.6) is 0 Å². The number of rotatable bonds is 6. The van der Waals surface area contributed by atoms with Crippen LogP contribution in [0.25, 0.3) is 10.9 Å². The van der Waals surface area contributed by atoms with E-state index in [0.29, 0.717) is 36.9 Å². The van der Waals surface area contributed by atoms with E-state index in [-0.39, 0.29) is 23.7 Å².